The Bertz CT molecular complexity index is 1010. The Kier molecular flexibility index (Phi) is 5.27. The zero-order valence-corrected chi connectivity index (χ0v) is 21.4. The summed E-state index contributed by atoms with van der Waals surface area (Å²) in [6, 6.07) is 8.99. The summed E-state index contributed by atoms with van der Waals surface area (Å²) in [6.07, 6.45) is 11.5. The molecule has 5 aliphatic rings. The molecule has 184 valence electrons. The zero-order chi connectivity index (χ0) is 23.8. The van der Waals surface area contributed by atoms with E-state index in [9.17, 15) is 5.11 Å². The average Bonchev–Trinajstić information content (AvgIpc) is 3.21. The third kappa shape index (κ3) is 3.57. The van der Waals surface area contributed by atoms with E-state index in [0.717, 1.165) is 31.6 Å². The first-order valence-corrected chi connectivity index (χ1v) is 13.6. The van der Waals surface area contributed by atoms with Gasteiger partial charge in [0.15, 0.2) is 5.79 Å². The molecular weight excluding hydrogens is 420 g/mol. The third-order valence-corrected chi connectivity index (χ3v) is 10.2. The molecule has 2 unspecified atom stereocenters. The van der Waals surface area contributed by atoms with E-state index in [2.05, 4.69) is 51.6 Å². The van der Waals surface area contributed by atoms with Crippen molar-refractivity contribution in [1.29, 1.82) is 0 Å². The van der Waals surface area contributed by atoms with Crippen LogP contribution in [0.5, 0.6) is 0 Å². The van der Waals surface area contributed by atoms with Crippen LogP contribution in [0.15, 0.2) is 42.0 Å². The molecule has 4 aliphatic carbocycles. The highest BCUT2D eigenvalue weighted by atomic mass is 16.7. The van der Waals surface area contributed by atoms with Crippen LogP contribution in [0.3, 0.4) is 0 Å². The van der Waals surface area contributed by atoms with Crippen LogP contribution in [-0.4, -0.2) is 29.7 Å². The predicted octanol–water partition coefficient (Wildman–Crippen LogP) is 7.01. The minimum absolute atomic E-state index is 0.0435. The Balaban J connectivity index is 1.42. The van der Waals surface area contributed by atoms with Gasteiger partial charge in [0.25, 0.3) is 0 Å². The highest BCUT2D eigenvalue weighted by Gasteiger charge is 2.58. The molecule has 1 heterocycles. The Morgan fingerprint density at radius 3 is 2.62 bits per heavy atom. The van der Waals surface area contributed by atoms with Gasteiger partial charge in [-0.1, -0.05) is 69.7 Å². The van der Waals surface area contributed by atoms with Gasteiger partial charge in [0.05, 0.1) is 18.8 Å². The average molecular weight is 463 g/mol. The van der Waals surface area contributed by atoms with Crippen LogP contribution in [0.2, 0.25) is 0 Å². The van der Waals surface area contributed by atoms with Crippen molar-refractivity contribution in [1.82, 2.24) is 0 Å². The second kappa shape index (κ2) is 7.79. The molecule has 3 saturated carbocycles. The molecule has 1 aromatic carbocycles. The van der Waals surface area contributed by atoms with Crippen LogP contribution >= 0.6 is 0 Å². The van der Waals surface area contributed by atoms with E-state index >= 15 is 0 Å². The summed E-state index contributed by atoms with van der Waals surface area (Å²) in [5.74, 6) is 1.15. The lowest BCUT2D eigenvalue weighted by atomic mass is 9.51. The summed E-state index contributed by atoms with van der Waals surface area (Å²) >= 11 is 0. The maximum Gasteiger partial charge on any atom is 0.171 e. The molecule has 5 atom stereocenters. The number of benzene rings is 1. The predicted molar refractivity (Wildman–Crippen MR) is 136 cm³/mol. The second-order valence-corrected chi connectivity index (χ2v) is 13.2. The van der Waals surface area contributed by atoms with Crippen molar-refractivity contribution in [3.05, 3.63) is 53.1 Å². The minimum atomic E-state index is -0.799. The van der Waals surface area contributed by atoms with Crippen LogP contribution in [0.25, 0.3) is 6.08 Å². The fourth-order valence-electron chi connectivity index (χ4n) is 8.46. The van der Waals surface area contributed by atoms with E-state index in [4.69, 9.17) is 9.47 Å². The van der Waals surface area contributed by atoms with Crippen molar-refractivity contribution >= 4 is 6.08 Å². The molecule has 1 N–H and O–H groups in total. The highest BCUT2D eigenvalue weighted by Crippen LogP contribution is 2.65. The minimum Gasteiger partial charge on any atom is -0.385 e. The Morgan fingerprint density at radius 2 is 1.85 bits per heavy atom. The van der Waals surface area contributed by atoms with Gasteiger partial charge in [-0.25, -0.2) is 0 Å². The number of fused-ring (bicyclic) bond motifs is 4. The van der Waals surface area contributed by atoms with E-state index in [1.54, 1.807) is 5.57 Å². The van der Waals surface area contributed by atoms with Crippen LogP contribution in [-0.2, 0) is 9.47 Å². The SMILES string of the molecule is C=Cc1cccc([C@H]2C[C@]3(C)CCCC3C3CC[C@@]4(O)CC5(CCC4=C32)OCC(C)(C)CO5)c1. The lowest BCUT2D eigenvalue weighted by molar-refractivity contribution is -0.322. The first-order valence-electron chi connectivity index (χ1n) is 13.6. The summed E-state index contributed by atoms with van der Waals surface area (Å²) < 4.78 is 12.8. The number of ether oxygens (including phenoxy) is 2. The van der Waals surface area contributed by atoms with Gasteiger partial charge in [0.1, 0.15) is 0 Å². The maximum atomic E-state index is 12.2. The van der Waals surface area contributed by atoms with Crippen molar-refractivity contribution < 1.29 is 14.6 Å². The van der Waals surface area contributed by atoms with Gasteiger partial charge in [-0.2, -0.15) is 0 Å². The molecule has 1 spiro atoms. The van der Waals surface area contributed by atoms with Gasteiger partial charge in [-0.05, 0) is 72.5 Å². The molecule has 34 heavy (non-hydrogen) atoms. The number of hydrogen-bond acceptors (Lipinski definition) is 3. The third-order valence-electron chi connectivity index (χ3n) is 10.2. The van der Waals surface area contributed by atoms with E-state index < -0.39 is 11.4 Å². The molecule has 0 aromatic heterocycles. The summed E-state index contributed by atoms with van der Waals surface area (Å²) in [7, 11) is 0. The molecular formula is C31H42O3. The monoisotopic (exact) mass is 462 g/mol. The van der Waals surface area contributed by atoms with Gasteiger partial charge in [-0.3, -0.25) is 0 Å². The fourth-order valence-corrected chi connectivity index (χ4v) is 8.46. The molecule has 0 amide bonds. The van der Waals surface area contributed by atoms with E-state index in [0.29, 0.717) is 36.9 Å². The molecule has 6 rings (SSSR count). The largest absolute Gasteiger partial charge is 0.385 e. The molecule has 0 bridgehead atoms. The Labute approximate surface area is 205 Å². The summed E-state index contributed by atoms with van der Waals surface area (Å²) in [5.41, 5.74) is 5.19. The van der Waals surface area contributed by atoms with Gasteiger partial charge in [0.2, 0.25) is 0 Å². The fraction of sp³-hybridized carbons (Fsp3) is 0.677. The Morgan fingerprint density at radius 1 is 1.06 bits per heavy atom. The van der Waals surface area contributed by atoms with E-state index in [1.165, 1.54) is 42.4 Å². The van der Waals surface area contributed by atoms with Gasteiger partial charge >= 0.3 is 0 Å². The van der Waals surface area contributed by atoms with Crippen molar-refractivity contribution in [2.24, 2.45) is 22.7 Å². The summed E-state index contributed by atoms with van der Waals surface area (Å²) in [5, 5.41) is 12.2. The van der Waals surface area contributed by atoms with Crippen LogP contribution in [0, 0.1) is 22.7 Å². The van der Waals surface area contributed by atoms with Gasteiger partial charge < -0.3 is 14.6 Å². The van der Waals surface area contributed by atoms with Crippen molar-refractivity contribution in [2.45, 2.75) is 95.9 Å². The highest BCUT2D eigenvalue weighted by molar-refractivity contribution is 5.51. The number of allylic oxidation sites excluding steroid dienone is 1. The zero-order valence-electron chi connectivity index (χ0n) is 21.4. The normalized spacial score (nSPS) is 40.4. The molecule has 1 aliphatic heterocycles. The van der Waals surface area contributed by atoms with Crippen molar-refractivity contribution in [3.8, 4) is 0 Å². The summed E-state index contributed by atoms with van der Waals surface area (Å²) in [6.45, 7) is 12.4. The second-order valence-electron chi connectivity index (χ2n) is 13.2. The molecule has 4 fully saturated rings. The number of hydrogen-bond donors (Lipinski definition) is 1. The molecule has 3 heteroatoms. The summed E-state index contributed by atoms with van der Waals surface area (Å²) in [4.78, 5) is 0. The molecule has 3 nitrogen and oxygen atoms in total. The van der Waals surface area contributed by atoms with Gasteiger partial charge in [-0.15, -0.1) is 0 Å². The molecule has 0 radical (unpaired) electrons. The first-order chi connectivity index (χ1) is 16.2. The smallest absolute Gasteiger partial charge is 0.171 e. The van der Waals surface area contributed by atoms with E-state index in [1.807, 2.05) is 6.08 Å². The van der Waals surface area contributed by atoms with Gasteiger partial charge in [0, 0.05) is 24.2 Å². The molecule has 1 saturated heterocycles. The maximum absolute atomic E-state index is 12.2. The quantitative estimate of drug-likeness (QED) is 0.480. The molecule has 1 aromatic rings. The topological polar surface area (TPSA) is 38.7 Å². The van der Waals surface area contributed by atoms with Crippen molar-refractivity contribution in [3.63, 3.8) is 0 Å². The first kappa shape index (κ1) is 23.0. The van der Waals surface area contributed by atoms with Crippen molar-refractivity contribution in [2.75, 3.05) is 13.2 Å². The lowest BCUT2D eigenvalue weighted by Gasteiger charge is -2.57. The van der Waals surface area contributed by atoms with Crippen LogP contribution in [0.4, 0.5) is 0 Å². The number of aliphatic hydroxyl groups is 1. The lowest BCUT2D eigenvalue weighted by Crippen LogP contribution is -2.57. The standard InChI is InChI=1S/C31H42O3/c1-5-21-8-6-9-22(16-21)24-17-29(4)13-7-10-25(29)23-11-14-30(32)18-31(15-12-26(30)27(23)24)33-19-28(2,3)20-34-31/h5-6,8-9,16,23-25,32H,1,7,10-15,17-20H2,2-4H3/t23?,24-,25?,29+,30-/m1/s1. The number of rotatable bonds is 2. The van der Waals surface area contributed by atoms with E-state index in [-0.39, 0.29) is 5.41 Å². The Hall–Kier alpha value is -1.42. The van der Waals surface area contributed by atoms with Crippen LogP contribution < -0.4 is 0 Å². The van der Waals surface area contributed by atoms with Crippen LogP contribution in [0.1, 0.15) is 95.6 Å².